The average molecular weight is 415 g/mol. The monoisotopic (exact) mass is 414 g/mol. The largest absolute Gasteiger partial charge is 0.0613 e. The van der Waals surface area contributed by atoms with E-state index in [-0.39, 0.29) is 0 Å². The van der Waals surface area contributed by atoms with E-state index in [0.29, 0.717) is 0 Å². The highest BCUT2D eigenvalue weighted by Gasteiger charge is 2.06. The Balaban J connectivity index is 2.27. The lowest BCUT2D eigenvalue weighted by molar-refractivity contribution is 1.11. The number of aryl methyl sites for hydroxylation is 2. The zero-order chi connectivity index (χ0) is 13.1. The maximum Gasteiger partial charge on any atom is 0.0240 e. The van der Waals surface area contributed by atoms with Crippen molar-refractivity contribution in [2.24, 2.45) is 0 Å². The molecule has 0 spiro atoms. The Hall–Kier alpha value is -0.350. The topological polar surface area (TPSA) is 0 Å². The van der Waals surface area contributed by atoms with Crippen LogP contribution in [-0.4, -0.2) is 0 Å². The van der Waals surface area contributed by atoms with Crippen molar-refractivity contribution in [1.82, 2.24) is 0 Å². The third-order valence-corrected chi connectivity index (χ3v) is 4.88. The minimum absolute atomic E-state index is 0.988. The first-order chi connectivity index (χ1) is 8.60. The quantitative estimate of drug-likeness (QED) is 0.580. The SMILES string of the molecule is CCc1ccc(Cc2cc(I)cc(C)c2Br)cc1. The van der Waals surface area contributed by atoms with Crippen molar-refractivity contribution in [3.05, 3.63) is 66.7 Å². The van der Waals surface area contributed by atoms with Gasteiger partial charge in [-0.3, -0.25) is 0 Å². The van der Waals surface area contributed by atoms with Crippen molar-refractivity contribution in [1.29, 1.82) is 0 Å². The number of hydrogen-bond acceptors (Lipinski definition) is 0. The van der Waals surface area contributed by atoms with Crippen LogP contribution in [0.3, 0.4) is 0 Å². The van der Waals surface area contributed by atoms with Gasteiger partial charge in [0.15, 0.2) is 0 Å². The van der Waals surface area contributed by atoms with Gasteiger partial charge in [0.05, 0.1) is 0 Å². The first-order valence-electron chi connectivity index (χ1n) is 6.12. The molecular formula is C16H16BrI. The first-order valence-corrected chi connectivity index (χ1v) is 7.99. The summed E-state index contributed by atoms with van der Waals surface area (Å²) < 4.78 is 2.54. The second-order valence-electron chi connectivity index (χ2n) is 4.54. The molecule has 0 nitrogen and oxygen atoms in total. The molecule has 94 valence electrons. The summed E-state index contributed by atoms with van der Waals surface area (Å²) in [6, 6.07) is 13.4. The van der Waals surface area contributed by atoms with Gasteiger partial charge in [-0.05, 0) is 76.7 Å². The molecule has 2 aromatic carbocycles. The fraction of sp³-hybridized carbons (Fsp3) is 0.250. The van der Waals surface area contributed by atoms with Crippen molar-refractivity contribution < 1.29 is 0 Å². The molecule has 0 atom stereocenters. The third kappa shape index (κ3) is 3.35. The second-order valence-corrected chi connectivity index (χ2v) is 6.58. The second kappa shape index (κ2) is 6.20. The number of hydrogen-bond donors (Lipinski definition) is 0. The predicted octanol–water partition coefficient (Wildman–Crippen LogP) is 5.52. The van der Waals surface area contributed by atoms with Gasteiger partial charge in [0, 0.05) is 8.04 Å². The summed E-state index contributed by atoms with van der Waals surface area (Å²) in [6.07, 6.45) is 2.09. The van der Waals surface area contributed by atoms with Gasteiger partial charge in [-0.2, -0.15) is 0 Å². The predicted molar refractivity (Wildman–Crippen MR) is 90.2 cm³/mol. The molecule has 18 heavy (non-hydrogen) atoms. The van der Waals surface area contributed by atoms with Crippen LogP contribution in [0.15, 0.2) is 40.9 Å². The minimum Gasteiger partial charge on any atom is -0.0613 e. The molecule has 2 rings (SSSR count). The summed E-state index contributed by atoms with van der Waals surface area (Å²) in [6.45, 7) is 4.34. The van der Waals surface area contributed by atoms with Gasteiger partial charge in [0.25, 0.3) is 0 Å². The Morgan fingerprint density at radius 1 is 1.06 bits per heavy atom. The number of benzene rings is 2. The molecule has 0 aliphatic heterocycles. The van der Waals surface area contributed by atoms with Crippen molar-refractivity contribution >= 4 is 38.5 Å². The molecule has 0 saturated carbocycles. The molecule has 0 amide bonds. The zero-order valence-corrected chi connectivity index (χ0v) is 14.4. The molecule has 0 saturated heterocycles. The van der Waals surface area contributed by atoms with Crippen molar-refractivity contribution in [3.63, 3.8) is 0 Å². The molecule has 0 N–H and O–H groups in total. The van der Waals surface area contributed by atoms with E-state index < -0.39 is 0 Å². The normalized spacial score (nSPS) is 10.7. The standard InChI is InChI=1S/C16H16BrI/c1-3-12-4-6-13(7-5-12)9-14-10-15(18)8-11(2)16(14)17/h4-8,10H,3,9H2,1-2H3. The van der Waals surface area contributed by atoms with E-state index in [2.05, 4.69) is 88.8 Å². The zero-order valence-electron chi connectivity index (χ0n) is 10.6. The van der Waals surface area contributed by atoms with Gasteiger partial charge in [-0.1, -0.05) is 47.1 Å². The smallest absolute Gasteiger partial charge is 0.0240 e. The molecule has 0 bridgehead atoms. The van der Waals surface area contributed by atoms with Crippen LogP contribution < -0.4 is 0 Å². The van der Waals surface area contributed by atoms with Gasteiger partial charge >= 0.3 is 0 Å². The van der Waals surface area contributed by atoms with Crippen molar-refractivity contribution in [2.75, 3.05) is 0 Å². The van der Waals surface area contributed by atoms with E-state index in [0.717, 1.165) is 12.8 Å². The highest BCUT2D eigenvalue weighted by atomic mass is 127. The van der Waals surface area contributed by atoms with Crippen LogP contribution in [0.4, 0.5) is 0 Å². The summed E-state index contributed by atoms with van der Waals surface area (Å²) in [5.74, 6) is 0. The molecule has 0 aliphatic carbocycles. The highest BCUT2D eigenvalue weighted by Crippen LogP contribution is 2.26. The van der Waals surface area contributed by atoms with E-state index in [9.17, 15) is 0 Å². The lowest BCUT2D eigenvalue weighted by atomic mass is 10.0. The van der Waals surface area contributed by atoms with Crippen LogP contribution in [0.25, 0.3) is 0 Å². The molecule has 2 heteroatoms. The number of halogens is 2. The summed E-state index contributed by atoms with van der Waals surface area (Å²) in [7, 11) is 0. The van der Waals surface area contributed by atoms with Gasteiger partial charge < -0.3 is 0 Å². The lowest BCUT2D eigenvalue weighted by Gasteiger charge is -2.09. The van der Waals surface area contributed by atoms with Gasteiger partial charge in [0.1, 0.15) is 0 Å². The third-order valence-electron chi connectivity index (χ3n) is 3.12. The molecule has 0 heterocycles. The summed E-state index contributed by atoms with van der Waals surface area (Å²) in [5.41, 5.74) is 5.44. The fourth-order valence-electron chi connectivity index (χ4n) is 2.04. The first kappa shape index (κ1) is 14.1. The van der Waals surface area contributed by atoms with Crippen LogP contribution >= 0.6 is 38.5 Å². The average Bonchev–Trinajstić information content (AvgIpc) is 2.36. The Morgan fingerprint density at radius 3 is 2.28 bits per heavy atom. The molecule has 0 aromatic heterocycles. The molecular weight excluding hydrogens is 399 g/mol. The van der Waals surface area contributed by atoms with E-state index in [1.54, 1.807) is 0 Å². The molecule has 0 fully saturated rings. The fourth-order valence-corrected chi connectivity index (χ4v) is 3.25. The van der Waals surface area contributed by atoms with Crippen LogP contribution in [-0.2, 0) is 12.8 Å². The minimum atomic E-state index is 0.988. The Morgan fingerprint density at radius 2 is 1.67 bits per heavy atom. The van der Waals surface area contributed by atoms with Crippen LogP contribution in [0.5, 0.6) is 0 Å². The Kier molecular flexibility index (Phi) is 4.84. The summed E-state index contributed by atoms with van der Waals surface area (Å²) in [4.78, 5) is 0. The van der Waals surface area contributed by atoms with Crippen LogP contribution in [0.2, 0.25) is 0 Å². The van der Waals surface area contributed by atoms with Gasteiger partial charge in [-0.15, -0.1) is 0 Å². The van der Waals surface area contributed by atoms with Crippen molar-refractivity contribution in [2.45, 2.75) is 26.7 Å². The van der Waals surface area contributed by atoms with Gasteiger partial charge in [0.2, 0.25) is 0 Å². The Bertz CT molecular complexity index is 544. The molecule has 2 aromatic rings. The van der Waals surface area contributed by atoms with Crippen molar-refractivity contribution in [3.8, 4) is 0 Å². The molecule has 0 unspecified atom stereocenters. The van der Waals surface area contributed by atoms with E-state index in [1.807, 2.05) is 0 Å². The maximum atomic E-state index is 3.70. The Labute approximate surface area is 131 Å². The summed E-state index contributed by atoms with van der Waals surface area (Å²) >= 11 is 6.08. The molecule has 0 radical (unpaired) electrons. The highest BCUT2D eigenvalue weighted by molar-refractivity contribution is 14.1. The van der Waals surface area contributed by atoms with E-state index in [1.165, 1.54) is 30.3 Å². The van der Waals surface area contributed by atoms with E-state index >= 15 is 0 Å². The molecule has 0 aliphatic rings. The summed E-state index contributed by atoms with van der Waals surface area (Å²) in [5, 5.41) is 0. The van der Waals surface area contributed by atoms with E-state index in [4.69, 9.17) is 0 Å². The lowest BCUT2D eigenvalue weighted by Crippen LogP contribution is -1.93. The number of rotatable bonds is 3. The maximum absolute atomic E-state index is 3.70. The van der Waals surface area contributed by atoms with Crippen LogP contribution in [0.1, 0.15) is 29.2 Å². The van der Waals surface area contributed by atoms with Crippen LogP contribution in [0, 0.1) is 10.5 Å². The van der Waals surface area contributed by atoms with Gasteiger partial charge in [-0.25, -0.2) is 0 Å².